The van der Waals surface area contributed by atoms with Crippen LogP contribution >= 0.6 is 11.3 Å². The predicted molar refractivity (Wildman–Crippen MR) is 125 cm³/mol. The molecule has 0 radical (unpaired) electrons. The van der Waals surface area contributed by atoms with E-state index < -0.39 is 5.60 Å². The number of nitrogen functional groups attached to an aromatic ring is 1. The van der Waals surface area contributed by atoms with Crippen LogP contribution in [0, 0.1) is 0 Å². The number of hydrogen-bond acceptors (Lipinski definition) is 7. The maximum absolute atomic E-state index is 9.86. The number of benzene rings is 1. The van der Waals surface area contributed by atoms with Crippen molar-refractivity contribution in [3.8, 4) is 10.7 Å². The lowest BCUT2D eigenvalue weighted by Gasteiger charge is -2.23. The van der Waals surface area contributed by atoms with Crippen molar-refractivity contribution in [2.45, 2.75) is 70.8 Å². The molecule has 1 aliphatic carbocycles. The summed E-state index contributed by atoms with van der Waals surface area (Å²) >= 11 is 1.45. The van der Waals surface area contributed by atoms with Crippen LogP contribution in [0.25, 0.3) is 21.6 Å². The van der Waals surface area contributed by atoms with Crippen molar-refractivity contribution < 1.29 is 5.11 Å². The Labute approximate surface area is 181 Å². The van der Waals surface area contributed by atoms with Crippen molar-refractivity contribution in [3.05, 3.63) is 29.3 Å². The van der Waals surface area contributed by atoms with E-state index in [1.54, 1.807) is 13.8 Å². The summed E-state index contributed by atoms with van der Waals surface area (Å²) in [5.74, 6) is 0.662. The summed E-state index contributed by atoms with van der Waals surface area (Å²) in [6.45, 7) is 10.9. The topological polar surface area (TPSA) is 97.0 Å². The number of rotatable bonds is 6. The number of nitrogens with zero attached hydrogens (tertiary/aromatic N) is 3. The van der Waals surface area contributed by atoms with Gasteiger partial charge in [0.15, 0.2) is 5.01 Å². The molecule has 0 saturated heterocycles. The second kappa shape index (κ2) is 7.46. The Morgan fingerprint density at radius 2 is 1.87 bits per heavy atom. The Bertz CT molecular complexity index is 1070. The lowest BCUT2D eigenvalue weighted by atomic mass is 9.83. The third-order valence-corrected chi connectivity index (χ3v) is 6.39. The van der Waals surface area contributed by atoms with Gasteiger partial charge in [0.05, 0.1) is 11.1 Å². The van der Waals surface area contributed by atoms with Crippen molar-refractivity contribution in [1.29, 1.82) is 0 Å². The monoisotopic (exact) mass is 425 g/mol. The van der Waals surface area contributed by atoms with Crippen LogP contribution in [0.15, 0.2) is 18.2 Å². The minimum atomic E-state index is -0.711. The largest absolute Gasteiger partial charge is 0.398 e. The maximum Gasteiger partial charge on any atom is 0.206 e. The normalized spacial score (nSPS) is 15.0. The Morgan fingerprint density at radius 3 is 2.50 bits per heavy atom. The van der Waals surface area contributed by atoms with Crippen LogP contribution in [0.1, 0.15) is 70.9 Å². The highest BCUT2D eigenvalue weighted by Crippen LogP contribution is 2.44. The van der Waals surface area contributed by atoms with E-state index in [2.05, 4.69) is 48.4 Å². The zero-order valence-electron chi connectivity index (χ0n) is 18.4. The fraction of sp³-hybridized carbons (Fsp3) is 0.522. The minimum Gasteiger partial charge on any atom is -0.398 e. The van der Waals surface area contributed by atoms with E-state index in [4.69, 9.17) is 10.7 Å². The Kier molecular flexibility index (Phi) is 5.22. The Balaban J connectivity index is 1.70. The summed E-state index contributed by atoms with van der Waals surface area (Å²) in [7, 11) is 0. The number of fused-ring (bicyclic) bond motifs is 1. The van der Waals surface area contributed by atoms with Crippen molar-refractivity contribution in [2.75, 3.05) is 17.6 Å². The van der Waals surface area contributed by atoms with E-state index in [9.17, 15) is 5.11 Å². The SMILES string of the molecule is CC(C)(O)CCNc1nnc(-c2cc(N)c3cc(C4CC4)cc(C(C)(C)C)c3n2)s1. The molecule has 3 aromatic rings. The van der Waals surface area contributed by atoms with Crippen LogP contribution in [-0.4, -0.2) is 32.4 Å². The molecule has 1 aromatic carbocycles. The summed E-state index contributed by atoms with van der Waals surface area (Å²) < 4.78 is 0. The first-order chi connectivity index (χ1) is 14.0. The molecule has 1 saturated carbocycles. The first-order valence-corrected chi connectivity index (χ1v) is 11.4. The third kappa shape index (κ3) is 4.57. The maximum atomic E-state index is 9.86. The molecule has 0 spiro atoms. The Hall–Kier alpha value is -2.25. The van der Waals surface area contributed by atoms with E-state index >= 15 is 0 Å². The summed E-state index contributed by atoms with van der Waals surface area (Å²) in [5, 5.41) is 24.1. The number of aromatic nitrogens is 3. The van der Waals surface area contributed by atoms with Gasteiger partial charge in [0.1, 0.15) is 5.69 Å². The van der Waals surface area contributed by atoms with Crippen LogP contribution in [-0.2, 0) is 5.41 Å². The van der Waals surface area contributed by atoms with Gasteiger partial charge in [-0.1, -0.05) is 38.2 Å². The van der Waals surface area contributed by atoms with E-state index in [-0.39, 0.29) is 5.41 Å². The average Bonchev–Trinajstić information content (AvgIpc) is 3.38. The van der Waals surface area contributed by atoms with E-state index in [0.717, 1.165) is 32.4 Å². The molecule has 4 N–H and O–H groups in total. The zero-order chi connectivity index (χ0) is 21.7. The number of pyridine rings is 1. The first kappa shape index (κ1) is 21.0. The van der Waals surface area contributed by atoms with Gasteiger partial charge in [0, 0.05) is 17.6 Å². The van der Waals surface area contributed by atoms with Gasteiger partial charge in [-0.25, -0.2) is 4.98 Å². The smallest absolute Gasteiger partial charge is 0.206 e. The van der Waals surface area contributed by atoms with E-state index in [1.165, 1.54) is 35.3 Å². The molecule has 4 rings (SSSR count). The molecule has 0 bridgehead atoms. The van der Waals surface area contributed by atoms with E-state index in [1.807, 2.05) is 6.07 Å². The van der Waals surface area contributed by atoms with Crippen LogP contribution in [0.4, 0.5) is 10.8 Å². The molecule has 0 amide bonds. The Morgan fingerprint density at radius 1 is 1.13 bits per heavy atom. The highest BCUT2D eigenvalue weighted by Gasteiger charge is 2.28. The number of nitrogens with one attached hydrogen (secondary N) is 1. The van der Waals surface area contributed by atoms with Gasteiger partial charge >= 0.3 is 0 Å². The predicted octanol–water partition coefficient (Wildman–Crippen LogP) is 5.08. The van der Waals surface area contributed by atoms with Crippen LogP contribution in [0.2, 0.25) is 0 Å². The summed E-state index contributed by atoms with van der Waals surface area (Å²) in [6.07, 6.45) is 3.14. The fourth-order valence-corrected chi connectivity index (χ4v) is 4.31. The number of hydrogen-bond donors (Lipinski definition) is 3. The zero-order valence-corrected chi connectivity index (χ0v) is 19.2. The average molecular weight is 426 g/mol. The fourth-order valence-electron chi connectivity index (χ4n) is 3.58. The molecule has 0 unspecified atom stereocenters. The van der Waals surface area contributed by atoms with Gasteiger partial charge in [0.2, 0.25) is 5.13 Å². The number of aliphatic hydroxyl groups is 1. The molecule has 7 heteroatoms. The van der Waals surface area contributed by atoms with E-state index in [0.29, 0.717) is 18.9 Å². The van der Waals surface area contributed by atoms with Crippen molar-refractivity contribution in [2.24, 2.45) is 0 Å². The standard InChI is InChI=1S/C23H31N5OS/c1-22(2,3)16-11-14(13-6-7-13)10-15-17(24)12-18(26-19(15)16)20-27-28-21(30-20)25-9-8-23(4,5)29/h10-13,29H,6-9H2,1-5H3,(H2,24,26)(H,25,28). The van der Waals surface area contributed by atoms with Gasteiger partial charge < -0.3 is 16.2 Å². The lowest BCUT2D eigenvalue weighted by Crippen LogP contribution is -2.22. The van der Waals surface area contributed by atoms with Crippen molar-refractivity contribution >= 4 is 33.1 Å². The summed E-state index contributed by atoms with van der Waals surface area (Å²) in [6, 6.07) is 6.45. The van der Waals surface area contributed by atoms with Crippen molar-refractivity contribution in [3.63, 3.8) is 0 Å². The molecule has 160 valence electrons. The first-order valence-electron chi connectivity index (χ1n) is 10.6. The van der Waals surface area contributed by atoms with Gasteiger partial charge in [-0.15, -0.1) is 10.2 Å². The molecule has 0 atom stereocenters. The van der Waals surface area contributed by atoms with Gasteiger partial charge in [-0.3, -0.25) is 0 Å². The second-order valence-electron chi connectivity index (χ2n) is 9.99. The van der Waals surface area contributed by atoms with Crippen LogP contribution in [0.5, 0.6) is 0 Å². The minimum absolute atomic E-state index is 0.0356. The number of nitrogens with two attached hydrogens (primary N) is 1. The summed E-state index contributed by atoms with van der Waals surface area (Å²) in [4.78, 5) is 4.99. The second-order valence-corrected chi connectivity index (χ2v) is 11.0. The molecule has 1 fully saturated rings. The van der Waals surface area contributed by atoms with Crippen LogP contribution < -0.4 is 11.1 Å². The molecule has 2 heterocycles. The molecule has 0 aliphatic heterocycles. The van der Waals surface area contributed by atoms with Crippen molar-refractivity contribution in [1.82, 2.24) is 15.2 Å². The van der Waals surface area contributed by atoms with Gasteiger partial charge in [-0.2, -0.15) is 0 Å². The lowest BCUT2D eigenvalue weighted by molar-refractivity contribution is 0.0749. The highest BCUT2D eigenvalue weighted by molar-refractivity contribution is 7.18. The number of anilines is 2. The third-order valence-electron chi connectivity index (χ3n) is 5.48. The quantitative estimate of drug-likeness (QED) is 0.509. The van der Waals surface area contributed by atoms with Gasteiger partial charge in [0.25, 0.3) is 0 Å². The highest BCUT2D eigenvalue weighted by atomic mass is 32.1. The molecule has 30 heavy (non-hydrogen) atoms. The molecule has 2 aromatic heterocycles. The van der Waals surface area contributed by atoms with Crippen LogP contribution in [0.3, 0.4) is 0 Å². The molecule has 1 aliphatic rings. The molecular weight excluding hydrogens is 394 g/mol. The van der Waals surface area contributed by atoms with Gasteiger partial charge in [-0.05, 0) is 67.7 Å². The molecular formula is C23H31N5OS. The summed E-state index contributed by atoms with van der Waals surface area (Å²) in [5.41, 5.74) is 10.8. The molecule has 6 nitrogen and oxygen atoms in total.